The largest absolute Gasteiger partial charge is 0.386 e. The monoisotopic (exact) mass is 249 g/mol. The Bertz CT molecular complexity index is 483. The lowest BCUT2D eigenvalue weighted by Crippen LogP contribution is -2.63. The highest BCUT2D eigenvalue weighted by Crippen LogP contribution is 2.50. The zero-order valence-corrected chi connectivity index (χ0v) is 10.3. The first-order valence-electron chi connectivity index (χ1n) is 6.21. The molecule has 18 heavy (non-hydrogen) atoms. The highest BCUT2D eigenvalue weighted by molar-refractivity contribution is 5.92. The van der Waals surface area contributed by atoms with Crippen molar-refractivity contribution in [2.45, 2.75) is 30.8 Å². The molecule has 0 aromatic heterocycles. The summed E-state index contributed by atoms with van der Waals surface area (Å²) in [6, 6.07) is 6.18. The average molecular weight is 249 g/mol. The molecular weight excluding hydrogens is 233 g/mol. The Kier molecular flexibility index (Phi) is 2.29. The number of amides is 1. The van der Waals surface area contributed by atoms with Crippen LogP contribution in [0.15, 0.2) is 24.3 Å². The summed E-state index contributed by atoms with van der Waals surface area (Å²) in [4.78, 5) is 14.1. The van der Waals surface area contributed by atoms with Crippen LogP contribution in [0, 0.1) is 5.82 Å². The molecule has 1 amide bonds. The minimum absolute atomic E-state index is 0.0700. The van der Waals surface area contributed by atoms with Gasteiger partial charge in [-0.05, 0) is 37.5 Å². The van der Waals surface area contributed by atoms with Crippen LogP contribution in [0.4, 0.5) is 4.39 Å². The summed E-state index contributed by atoms with van der Waals surface area (Å²) >= 11 is 0. The number of benzene rings is 1. The summed E-state index contributed by atoms with van der Waals surface area (Å²) in [5, 5.41) is 9.68. The Morgan fingerprint density at radius 3 is 2.28 bits per heavy atom. The van der Waals surface area contributed by atoms with Gasteiger partial charge in [0.2, 0.25) is 5.91 Å². The van der Waals surface area contributed by atoms with Crippen molar-refractivity contribution >= 4 is 5.91 Å². The molecule has 1 N–H and O–H groups in total. The van der Waals surface area contributed by atoms with E-state index < -0.39 is 11.0 Å². The van der Waals surface area contributed by atoms with Gasteiger partial charge in [0.25, 0.3) is 0 Å². The van der Waals surface area contributed by atoms with Crippen molar-refractivity contribution < 1.29 is 14.3 Å². The van der Waals surface area contributed by atoms with Crippen molar-refractivity contribution in [3.8, 4) is 0 Å². The van der Waals surface area contributed by atoms with Crippen LogP contribution < -0.4 is 0 Å². The van der Waals surface area contributed by atoms with Gasteiger partial charge >= 0.3 is 0 Å². The smallest absolute Gasteiger partial charge is 0.233 e. The van der Waals surface area contributed by atoms with E-state index in [1.807, 2.05) is 0 Å². The van der Waals surface area contributed by atoms with Crippen molar-refractivity contribution in [2.24, 2.45) is 0 Å². The van der Waals surface area contributed by atoms with Gasteiger partial charge in [0.1, 0.15) is 5.82 Å². The second kappa shape index (κ2) is 3.54. The second-order valence-electron chi connectivity index (χ2n) is 5.75. The first-order valence-corrected chi connectivity index (χ1v) is 6.21. The third kappa shape index (κ3) is 1.72. The van der Waals surface area contributed by atoms with Crippen LogP contribution in [-0.4, -0.2) is 34.6 Å². The second-order valence-corrected chi connectivity index (χ2v) is 5.75. The molecule has 0 radical (unpaired) electrons. The molecule has 1 aromatic rings. The van der Waals surface area contributed by atoms with Crippen LogP contribution in [-0.2, 0) is 10.2 Å². The van der Waals surface area contributed by atoms with Crippen LogP contribution in [0.5, 0.6) is 0 Å². The molecule has 1 saturated heterocycles. The molecule has 3 rings (SSSR count). The average Bonchev–Trinajstić information content (AvgIpc) is 3.07. The van der Waals surface area contributed by atoms with E-state index in [-0.39, 0.29) is 11.7 Å². The summed E-state index contributed by atoms with van der Waals surface area (Å²) in [6.07, 6.45) is 1.63. The topological polar surface area (TPSA) is 40.5 Å². The van der Waals surface area contributed by atoms with E-state index in [0.717, 1.165) is 18.4 Å². The molecule has 2 aliphatic rings. The van der Waals surface area contributed by atoms with Gasteiger partial charge in [0, 0.05) is 0 Å². The number of hydrogen-bond acceptors (Lipinski definition) is 2. The lowest BCUT2D eigenvalue weighted by molar-refractivity contribution is -0.155. The van der Waals surface area contributed by atoms with Crippen molar-refractivity contribution in [1.82, 2.24) is 4.90 Å². The number of nitrogens with zero attached hydrogens (tertiary/aromatic N) is 1. The minimum atomic E-state index is -0.742. The number of carbonyl (C=O) groups is 1. The molecule has 1 heterocycles. The highest BCUT2D eigenvalue weighted by Gasteiger charge is 2.56. The van der Waals surface area contributed by atoms with Gasteiger partial charge in [0.15, 0.2) is 0 Å². The van der Waals surface area contributed by atoms with Gasteiger partial charge in [-0.2, -0.15) is 0 Å². The summed E-state index contributed by atoms with van der Waals surface area (Å²) in [7, 11) is 0. The Morgan fingerprint density at radius 1 is 1.28 bits per heavy atom. The molecule has 1 saturated carbocycles. The van der Waals surface area contributed by atoms with E-state index in [9.17, 15) is 14.3 Å². The molecular formula is C14H16FNO2. The molecule has 2 fully saturated rings. The lowest BCUT2D eigenvalue weighted by atomic mass is 9.89. The van der Waals surface area contributed by atoms with Crippen LogP contribution in [0.3, 0.4) is 0 Å². The standard InChI is InChI=1S/C14H16FNO2/c1-13(18)8-16(9-13)12(17)14(6-7-14)10-2-4-11(15)5-3-10/h2-5,18H,6-9H2,1H3. The predicted octanol–water partition coefficient (Wildman–Crippen LogP) is 1.45. The van der Waals surface area contributed by atoms with Crippen LogP contribution >= 0.6 is 0 Å². The van der Waals surface area contributed by atoms with Gasteiger partial charge in [-0.25, -0.2) is 4.39 Å². The summed E-state index contributed by atoms with van der Waals surface area (Å²) in [5.74, 6) is -0.213. The molecule has 4 heteroatoms. The number of carbonyl (C=O) groups excluding carboxylic acids is 1. The Balaban J connectivity index is 1.79. The lowest BCUT2D eigenvalue weighted by Gasteiger charge is -2.45. The van der Waals surface area contributed by atoms with E-state index in [1.165, 1.54) is 12.1 Å². The maximum absolute atomic E-state index is 12.9. The van der Waals surface area contributed by atoms with Gasteiger partial charge in [0.05, 0.1) is 24.1 Å². The Morgan fingerprint density at radius 2 is 1.83 bits per heavy atom. The fraction of sp³-hybridized carbons (Fsp3) is 0.500. The number of halogens is 1. The first-order chi connectivity index (χ1) is 8.43. The van der Waals surface area contributed by atoms with E-state index >= 15 is 0 Å². The molecule has 1 aromatic carbocycles. The number of β-amino-alcohol motifs (C(OH)–C–C–N with tert-alkyl or cyclic N) is 1. The van der Waals surface area contributed by atoms with E-state index in [2.05, 4.69) is 0 Å². The number of likely N-dealkylation sites (tertiary alicyclic amines) is 1. The van der Waals surface area contributed by atoms with E-state index in [1.54, 1.807) is 24.0 Å². The van der Waals surface area contributed by atoms with Crippen molar-refractivity contribution in [1.29, 1.82) is 0 Å². The fourth-order valence-electron chi connectivity index (χ4n) is 2.74. The van der Waals surface area contributed by atoms with Crippen molar-refractivity contribution in [2.75, 3.05) is 13.1 Å². The minimum Gasteiger partial charge on any atom is -0.386 e. The zero-order chi connectivity index (χ0) is 13.0. The van der Waals surface area contributed by atoms with Gasteiger partial charge < -0.3 is 10.0 Å². The highest BCUT2D eigenvalue weighted by atomic mass is 19.1. The van der Waals surface area contributed by atoms with Crippen molar-refractivity contribution in [3.05, 3.63) is 35.6 Å². The van der Waals surface area contributed by atoms with Gasteiger partial charge in [-0.15, -0.1) is 0 Å². The summed E-state index contributed by atoms with van der Waals surface area (Å²) in [6.45, 7) is 2.53. The third-order valence-electron chi connectivity index (χ3n) is 3.91. The van der Waals surface area contributed by atoms with Crippen molar-refractivity contribution in [3.63, 3.8) is 0 Å². The number of aliphatic hydroxyl groups is 1. The predicted molar refractivity (Wildman–Crippen MR) is 64.5 cm³/mol. The molecule has 1 aliphatic carbocycles. The molecule has 96 valence electrons. The maximum Gasteiger partial charge on any atom is 0.233 e. The molecule has 1 aliphatic heterocycles. The molecule has 3 nitrogen and oxygen atoms in total. The SMILES string of the molecule is CC1(O)CN(C(=O)C2(c3ccc(F)cc3)CC2)C1. The van der Waals surface area contributed by atoms with Crippen LogP contribution in [0.25, 0.3) is 0 Å². The van der Waals surface area contributed by atoms with E-state index in [0.29, 0.717) is 13.1 Å². The quantitative estimate of drug-likeness (QED) is 0.861. The zero-order valence-electron chi connectivity index (χ0n) is 10.3. The first kappa shape index (κ1) is 11.7. The van der Waals surface area contributed by atoms with Crippen LogP contribution in [0.1, 0.15) is 25.3 Å². The summed E-state index contributed by atoms with van der Waals surface area (Å²) in [5.41, 5.74) is -0.306. The van der Waals surface area contributed by atoms with Crippen LogP contribution in [0.2, 0.25) is 0 Å². The normalized spacial score (nSPS) is 23.4. The third-order valence-corrected chi connectivity index (χ3v) is 3.91. The van der Waals surface area contributed by atoms with Gasteiger partial charge in [-0.1, -0.05) is 12.1 Å². The molecule has 0 atom stereocenters. The summed E-state index contributed by atoms with van der Waals surface area (Å²) < 4.78 is 12.9. The van der Waals surface area contributed by atoms with Gasteiger partial charge in [-0.3, -0.25) is 4.79 Å². The number of hydrogen-bond donors (Lipinski definition) is 1. The molecule has 0 unspecified atom stereocenters. The fourth-order valence-corrected chi connectivity index (χ4v) is 2.74. The molecule has 0 bridgehead atoms. The van der Waals surface area contributed by atoms with E-state index in [4.69, 9.17) is 0 Å². The Hall–Kier alpha value is -1.42. The molecule has 0 spiro atoms. The Labute approximate surface area is 105 Å². The number of rotatable bonds is 2. The maximum atomic E-state index is 12.9.